The van der Waals surface area contributed by atoms with Crippen molar-refractivity contribution in [2.45, 2.75) is 32.2 Å². The Kier molecular flexibility index (Phi) is 11.7. The number of rotatable bonds is 14. The molecule has 1 heterocycles. The van der Waals surface area contributed by atoms with Crippen LogP contribution < -0.4 is 21.7 Å². The molecule has 0 aliphatic heterocycles. The fraction of sp³-hybridized carbons (Fsp3) is 0.222. The zero-order valence-corrected chi connectivity index (χ0v) is 21.6. The largest absolute Gasteiger partial charge is 0.369 e. The van der Waals surface area contributed by atoms with Crippen LogP contribution in [0, 0.1) is 0 Å². The predicted molar refractivity (Wildman–Crippen MR) is 151 cm³/mol. The first kappa shape index (κ1) is 27.8. The number of nitrogens with two attached hydrogens (primary N) is 1. The maximum atomic E-state index is 12.5. The van der Waals surface area contributed by atoms with Gasteiger partial charge in [-0.1, -0.05) is 61.8 Å². The van der Waals surface area contributed by atoms with Crippen molar-refractivity contribution in [2.24, 2.45) is 5.73 Å². The van der Waals surface area contributed by atoms with E-state index < -0.39 is 6.04 Å². The predicted octanol–water partition coefficient (Wildman–Crippen LogP) is 6.26. The third-order valence-corrected chi connectivity index (χ3v) is 5.66. The summed E-state index contributed by atoms with van der Waals surface area (Å²) in [5.41, 5.74) is 9.46. The smallest absolute Gasteiger partial charge is 0.241 e. The molecule has 0 saturated carbocycles. The molecular formula is C27H33BrN6O. The molecule has 5 N–H and O–H groups in total. The zero-order valence-electron chi connectivity index (χ0n) is 20.1. The Hall–Kier alpha value is -3.49. The van der Waals surface area contributed by atoms with Crippen LogP contribution in [-0.4, -0.2) is 28.5 Å². The molecule has 0 radical (unpaired) electrons. The van der Waals surface area contributed by atoms with E-state index in [-0.39, 0.29) is 5.91 Å². The molecule has 0 aliphatic carbocycles. The highest BCUT2D eigenvalue weighted by molar-refractivity contribution is 9.10. The van der Waals surface area contributed by atoms with Gasteiger partial charge in [-0.05, 0) is 65.9 Å². The molecular weight excluding hydrogens is 504 g/mol. The lowest BCUT2D eigenvalue weighted by Gasteiger charge is -2.14. The minimum atomic E-state index is -0.713. The van der Waals surface area contributed by atoms with E-state index in [0.717, 1.165) is 35.1 Å². The van der Waals surface area contributed by atoms with Gasteiger partial charge in [0.25, 0.3) is 0 Å². The van der Waals surface area contributed by atoms with E-state index in [1.54, 1.807) is 36.6 Å². The highest BCUT2D eigenvalue weighted by atomic mass is 79.9. The highest BCUT2D eigenvalue weighted by Crippen LogP contribution is 2.23. The standard InChI is InChI=1S/C27H33BrN6O/c1-5-11-20(8-4)16-24(29)26(35)32-21-13-9-14-22(17-21)33-27-31-18-23(28)25(34-27)30-15-10-12-19(6-2)7-3/h5-9,11,13-14,17-18,24H,1-2,4,10,12,15-16,29H2,3H3,(H,32,35)(H2,30,31,33,34)/b19-7+,20-11+. The Morgan fingerprint density at radius 3 is 2.63 bits per heavy atom. The normalized spacial score (nSPS) is 12.4. The van der Waals surface area contributed by atoms with E-state index in [9.17, 15) is 4.79 Å². The van der Waals surface area contributed by atoms with Gasteiger partial charge in [-0.15, -0.1) is 0 Å². The molecule has 0 aliphatic rings. The Bertz CT molecular complexity index is 1110. The Balaban J connectivity index is 2.00. The van der Waals surface area contributed by atoms with E-state index in [1.165, 1.54) is 5.57 Å². The van der Waals surface area contributed by atoms with Crippen LogP contribution in [0.5, 0.6) is 0 Å². The van der Waals surface area contributed by atoms with Gasteiger partial charge in [0.05, 0.1) is 10.5 Å². The number of hydrogen-bond acceptors (Lipinski definition) is 6. The van der Waals surface area contributed by atoms with Crippen molar-refractivity contribution in [2.75, 3.05) is 22.5 Å². The molecule has 1 aromatic heterocycles. The monoisotopic (exact) mass is 536 g/mol. The van der Waals surface area contributed by atoms with Gasteiger partial charge < -0.3 is 21.7 Å². The molecule has 1 atom stereocenters. The number of benzene rings is 1. The lowest BCUT2D eigenvalue weighted by atomic mass is 10.1. The van der Waals surface area contributed by atoms with E-state index in [0.29, 0.717) is 23.9 Å². The third kappa shape index (κ3) is 9.35. The van der Waals surface area contributed by atoms with Crippen molar-refractivity contribution in [3.8, 4) is 0 Å². The van der Waals surface area contributed by atoms with Crippen LogP contribution in [0.2, 0.25) is 0 Å². The summed E-state index contributed by atoms with van der Waals surface area (Å²) in [5.74, 6) is 0.841. The summed E-state index contributed by atoms with van der Waals surface area (Å²) in [6.45, 7) is 14.0. The van der Waals surface area contributed by atoms with Crippen molar-refractivity contribution in [1.29, 1.82) is 0 Å². The fourth-order valence-electron chi connectivity index (χ4n) is 3.17. The van der Waals surface area contributed by atoms with E-state index in [4.69, 9.17) is 5.73 Å². The maximum absolute atomic E-state index is 12.5. The van der Waals surface area contributed by atoms with Crippen LogP contribution in [0.4, 0.5) is 23.1 Å². The summed E-state index contributed by atoms with van der Waals surface area (Å²) >= 11 is 3.49. The first-order valence-electron chi connectivity index (χ1n) is 11.3. The van der Waals surface area contributed by atoms with Gasteiger partial charge in [0.1, 0.15) is 5.82 Å². The summed E-state index contributed by atoms with van der Waals surface area (Å²) in [5, 5.41) is 9.36. The number of nitrogens with zero attached hydrogens (tertiary/aromatic N) is 2. The van der Waals surface area contributed by atoms with Gasteiger partial charge in [-0.3, -0.25) is 4.79 Å². The number of allylic oxidation sites excluding steroid dienone is 6. The fourth-order valence-corrected chi connectivity index (χ4v) is 3.50. The van der Waals surface area contributed by atoms with Gasteiger partial charge in [0, 0.05) is 24.1 Å². The molecule has 0 spiro atoms. The molecule has 35 heavy (non-hydrogen) atoms. The molecule has 1 aromatic carbocycles. The minimum absolute atomic E-state index is 0.289. The molecule has 184 valence electrons. The molecule has 2 rings (SSSR count). The molecule has 0 saturated heterocycles. The van der Waals surface area contributed by atoms with Crippen molar-refractivity contribution in [3.05, 3.63) is 96.2 Å². The summed E-state index contributed by atoms with van der Waals surface area (Å²) in [4.78, 5) is 21.4. The molecule has 1 unspecified atom stereocenters. The molecule has 2 aromatic rings. The number of aromatic nitrogens is 2. The van der Waals surface area contributed by atoms with Crippen LogP contribution >= 0.6 is 15.9 Å². The Morgan fingerprint density at radius 2 is 1.94 bits per heavy atom. The van der Waals surface area contributed by atoms with E-state index in [2.05, 4.69) is 67.7 Å². The summed E-state index contributed by atoms with van der Waals surface area (Å²) in [6.07, 6.45) is 13.0. The van der Waals surface area contributed by atoms with Crippen molar-refractivity contribution in [1.82, 2.24) is 9.97 Å². The van der Waals surface area contributed by atoms with E-state index >= 15 is 0 Å². The Labute approximate surface area is 216 Å². The minimum Gasteiger partial charge on any atom is -0.369 e. The van der Waals surface area contributed by atoms with Crippen LogP contribution in [0.3, 0.4) is 0 Å². The summed E-state index contributed by atoms with van der Waals surface area (Å²) in [6, 6.07) is 6.57. The molecule has 0 bridgehead atoms. The van der Waals surface area contributed by atoms with Gasteiger partial charge in [0.2, 0.25) is 11.9 Å². The van der Waals surface area contributed by atoms with Crippen LogP contribution in [0.1, 0.15) is 26.2 Å². The molecule has 8 heteroatoms. The van der Waals surface area contributed by atoms with Gasteiger partial charge in [0.15, 0.2) is 0 Å². The Morgan fingerprint density at radius 1 is 1.20 bits per heavy atom. The number of amides is 1. The first-order valence-corrected chi connectivity index (χ1v) is 12.1. The van der Waals surface area contributed by atoms with Crippen LogP contribution in [0.25, 0.3) is 0 Å². The lowest BCUT2D eigenvalue weighted by Crippen LogP contribution is -2.35. The number of nitrogens with one attached hydrogen (secondary N) is 3. The number of carbonyl (C=O) groups is 1. The molecule has 0 fully saturated rings. The second-order valence-corrected chi connectivity index (χ2v) is 8.53. The van der Waals surface area contributed by atoms with Gasteiger partial charge in [-0.25, -0.2) is 4.98 Å². The number of halogens is 1. The first-order chi connectivity index (χ1) is 16.9. The average Bonchev–Trinajstić information content (AvgIpc) is 2.85. The van der Waals surface area contributed by atoms with Gasteiger partial charge in [-0.2, -0.15) is 4.98 Å². The lowest BCUT2D eigenvalue weighted by molar-refractivity contribution is -0.117. The second-order valence-electron chi connectivity index (χ2n) is 7.68. The van der Waals surface area contributed by atoms with Crippen LogP contribution in [0.15, 0.2) is 96.2 Å². The summed E-state index contributed by atoms with van der Waals surface area (Å²) < 4.78 is 0.775. The number of hydrogen-bond donors (Lipinski definition) is 4. The number of anilines is 4. The van der Waals surface area contributed by atoms with Crippen LogP contribution in [-0.2, 0) is 4.79 Å². The van der Waals surface area contributed by atoms with Gasteiger partial charge >= 0.3 is 0 Å². The molecule has 7 nitrogen and oxygen atoms in total. The van der Waals surface area contributed by atoms with Crippen molar-refractivity contribution >= 4 is 45.0 Å². The maximum Gasteiger partial charge on any atom is 0.241 e. The quantitative estimate of drug-likeness (QED) is 0.168. The van der Waals surface area contributed by atoms with E-state index in [1.807, 2.05) is 25.1 Å². The second kappa shape index (κ2) is 14.7. The number of carbonyl (C=O) groups excluding carboxylic acids is 1. The van der Waals surface area contributed by atoms with Crippen molar-refractivity contribution in [3.63, 3.8) is 0 Å². The molecule has 1 amide bonds. The zero-order chi connectivity index (χ0) is 25.6. The highest BCUT2D eigenvalue weighted by Gasteiger charge is 2.15. The SMILES string of the molecule is C=C/C=C(\C=C)CC(N)C(=O)Nc1cccc(Nc2ncc(Br)c(NCCC/C(C=C)=C/C)n2)c1. The third-order valence-electron chi connectivity index (χ3n) is 5.08. The van der Waals surface area contributed by atoms with Crippen molar-refractivity contribution < 1.29 is 4.79 Å². The summed E-state index contributed by atoms with van der Waals surface area (Å²) in [7, 11) is 0. The topological polar surface area (TPSA) is 105 Å². The average molecular weight is 538 g/mol.